The Morgan fingerprint density at radius 2 is 0.373 bits per heavy atom. The van der Waals surface area contributed by atoms with Crippen molar-refractivity contribution in [2.75, 3.05) is 9.80 Å². The number of fused-ring (bicyclic) bond motifs is 6. The Balaban J connectivity index is 0.519. The molecule has 0 N–H and O–H groups in total. The third-order valence-corrected chi connectivity index (χ3v) is 23.8. The maximum atomic E-state index is 2.40. The van der Waals surface area contributed by atoms with E-state index < -0.39 is 0 Å². The van der Waals surface area contributed by atoms with Crippen LogP contribution in [-0.2, 0) is 0 Å². The van der Waals surface area contributed by atoms with E-state index in [1.807, 2.05) is 22.7 Å². The topological polar surface area (TPSA) is 16.3 Å². The third kappa shape index (κ3) is 12.4. The molecule has 20 aromatic rings. The predicted molar refractivity (Wildman–Crippen MR) is 469 cm³/mol. The number of para-hydroxylation sites is 4. The van der Waals surface area contributed by atoms with Crippen LogP contribution in [0.5, 0.6) is 0 Å². The first-order chi connectivity index (χ1) is 54.5. The second-order valence-corrected chi connectivity index (χ2v) is 30.2. The number of benzene rings is 16. The predicted octanol–water partition coefficient (Wildman–Crippen LogP) is 29.9. The Labute approximate surface area is 648 Å². The van der Waals surface area contributed by atoms with Gasteiger partial charge in [-0.15, -0.1) is 22.7 Å². The van der Waals surface area contributed by atoms with Gasteiger partial charge in [0.2, 0.25) is 0 Å². The summed E-state index contributed by atoms with van der Waals surface area (Å²) in [5.74, 6) is 0. The monoisotopic (exact) mass is 1440 g/mol. The van der Waals surface area contributed by atoms with Crippen LogP contribution in [0.3, 0.4) is 0 Å². The average molecular weight is 1440 g/mol. The second-order valence-electron chi connectivity index (χ2n) is 28.0. The lowest BCUT2D eigenvalue weighted by atomic mass is 10.0. The summed E-state index contributed by atoms with van der Waals surface area (Å²) in [5, 5.41) is 4.95. The normalized spacial score (nSPS) is 11.5. The fourth-order valence-electron chi connectivity index (χ4n) is 15.9. The largest absolute Gasteiger partial charge is 0.311 e. The Morgan fingerprint density at radius 3 is 0.691 bits per heavy atom. The number of hydrogen-bond donors (Lipinski definition) is 0. The van der Waals surface area contributed by atoms with Crippen LogP contribution in [0.4, 0.5) is 34.1 Å². The minimum atomic E-state index is 1.08. The molecule has 0 atom stereocenters. The quantitative estimate of drug-likeness (QED) is 0.0903. The van der Waals surface area contributed by atoms with Crippen LogP contribution in [0.15, 0.2) is 425 Å². The van der Waals surface area contributed by atoms with Gasteiger partial charge in [-0.1, -0.05) is 267 Å². The smallest absolute Gasteiger partial charge is 0.0541 e. The first kappa shape index (κ1) is 65.6. The summed E-state index contributed by atoms with van der Waals surface area (Å²) < 4.78 is 4.81. The lowest BCUT2D eigenvalue weighted by molar-refractivity contribution is 1.18. The molecule has 0 radical (unpaired) electrons. The molecular formula is C104H70N4S2. The molecule has 0 saturated carbocycles. The van der Waals surface area contributed by atoms with Crippen LogP contribution in [0.2, 0.25) is 0 Å². The minimum absolute atomic E-state index is 1.08. The van der Waals surface area contributed by atoms with Gasteiger partial charge in [-0.05, 0) is 236 Å². The van der Waals surface area contributed by atoms with Crippen molar-refractivity contribution in [2.24, 2.45) is 0 Å². The van der Waals surface area contributed by atoms with Crippen LogP contribution in [0.25, 0.3) is 152 Å². The van der Waals surface area contributed by atoms with Crippen LogP contribution in [0, 0.1) is 0 Å². The van der Waals surface area contributed by atoms with Crippen molar-refractivity contribution in [1.29, 1.82) is 0 Å². The van der Waals surface area contributed by atoms with Gasteiger partial charge in [-0.25, -0.2) is 0 Å². The standard InChI is InChI=1S/C104H70N4S2/c1-5-17-79(18-6-1)101-65-67-103(109-101)81-33-29-77(30-34-81)83-49-63-99-95(69-83)93-25-13-15-27-97(93)107(99)91-59-45-75(46-60-91)73-41-55-89(56-42-73)105(85-21-9-3-10-22-85)87-51-37-71(38-52-87)72-39-53-88(54-40-72)106(86-23-11-4-12-24-86)90-57-43-74(44-58-90)76-47-61-92(62-48-76)108-98-28-16-14-26-94(98)96-70-84(50-64-100(96)108)78-31-35-82(36-32-78)104-68-66-102(110-104)80-19-7-2-8-20-80/h1-70H. The van der Waals surface area contributed by atoms with E-state index in [0.29, 0.717) is 0 Å². The second kappa shape index (κ2) is 28.4. The molecule has 0 saturated heterocycles. The van der Waals surface area contributed by atoms with Gasteiger partial charge in [0.15, 0.2) is 0 Å². The zero-order chi connectivity index (χ0) is 72.9. The highest BCUT2D eigenvalue weighted by molar-refractivity contribution is 7.19. The number of rotatable bonds is 17. The summed E-state index contributed by atoms with van der Waals surface area (Å²) in [6.07, 6.45) is 0. The van der Waals surface area contributed by atoms with Crippen LogP contribution < -0.4 is 9.80 Å². The molecule has 0 spiro atoms. The molecule has 16 aromatic carbocycles. The molecule has 4 nitrogen and oxygen atoms in total. The molecule has 4 heterocycles. The van der Waals surface area contributed by atoms with Crippen LogP contribution >= 0.6 is 22.7 Å². The van der Waals surface area contributed by atoms with Crippen LogP contribution in [0.1, 0.15) is 0 Å². The zero-order valence-corrected chi connectivity index (χ0v) is 61.7. The molecular weight excluding hydrogens is 1370 g/mol. The van der Waals surface area contributed by atoms with Gasteiger partial charge < -0.3 is 18.9 Å². The Kier molecular flexibility index (Phi) is 17.0. The Bertz CT molecular complexity index is 6250. The Morgan fingerprint density at radius 1 is 0.155 bits per heavy atom. The Hall–Kier alpha value is -13.9. The molecule has 0 fully saturated rings. The van der Waals surface area contributed by atoms with E-state index in [0.717, 1.165) is 78.9 Å². The van der Waals surface area contributed by atoms with Gasteiger partial charge in [-0.2, -0.15) is 0 Å². The lowest BCUT2D eigenvalue weighted by Gasteiger charge is -2.26. The van der Waals surface area contributed by atoms with Crippen molar-refractivity contribution in [1.82, 2.24) is 9.13 Å². The van der Waals surface area contributed by atoms with Crippen LogP contribution in [-0.4, -0.2) is 9.13 Å². The van der Waals surface area contributed by atoms with E-state index >= 15 is 0 Å². The fraction of sp³-hybridized carbons (Fsp3) is 0. The molecule has 20 rings (SSSR count). The molecule has 0 amide bonds. The molecule has 110 heavy (non-hydrogen) atoms. The molecule has 6 heteroatoms. The molecule has 4 aromatic heterocycles. The number of nitrogens with zero attached hydrogens (tertiary/aromatic N) is 4. The summed E-state index contributed by atoms with van der Waals surface area (Å²) in [7, 11) is 0. The number of hydrogen-bond acceptors (Lipinski definition) is 4. The highest BCUT2D eigenvalue weighted by Gasteiger charge is 2.20. The third-order valence-electron chi connectivity index (χ3n) is 21.5. The van der Waals surface area contributed by atoms with Gasteiger partial charge in [0, 0.05) is 86.6 Å². The maximum absolute atomic E-state index is 2.40. The molecule has 0 aliphatic rings. The summed E-state index contributed by atoms with van der Waals surface area (Å²) in [6, 6.07) is 155. The first-order valence-corrected chi connectivity index (χ1v) is 39.0. The van der Waals surface area contributed by atoms with Gasteiger partial charge in [0.1, 0.15) is 0 Å². The van der Waals surface area contributed by atoms with Crippen molar-refractivity contribution in [3.63, 3.8) is 0 Å². The van der Waals surface area contributed by atoms with E-state index in [9.17, 15) is 0 Å². The van der Waals surface area contributed by atoms with Crippen molar-refractivity contribution in [2.45, 2.75) is 0 Å². The van der Waals surface area contributed by atoms with Crippen molar-refractivity contribution in [3.05, 3.63) is 425 Å². The fourth-order valence-corrected chi connectivity index (χ4v) is 17.9. The maximum Gasteiger partial charge on any atom is 0.0541 e. The van der Waals surface area contributed by atoms with Crippen molar-refractivity contribution >= 4 is 100 Å². The minimum Gasteiger partial charge on any atom is -0.311 e. The summed E-state index contributed by atoms with van der Waals surface area (Å²) in [4.78, 5) is 9.78. The highest BCUT2D eigenvalue weighted by Crippen LogP contribution is 2.44. The summed E-state index contributed by atoms with van der Waals surface area (Å²) in [6.45, 7) is 0. The number of anilines is 6. The number of thiophene rings is 2. The molecule has 0 unspecified atom stereocenters. The van der Waals surface area contributed by atoms with Gasteiger partial charge >= 0.3 is 0 Å². The van der Waals surface area contributed by atoms with Gasteiger partial charge in [-0.3, -0.25) is 0 Å². The van der Waals surface area contributed by atoms with Crippen molar-refractivity contribution in [3.8, 4) is 109 Å². The van der Waals surface area contributed by atoms with Gasteiger partial charge in [0.05, 0.1) is 22.1 Å². The lowest BCUT2D eigenvalue weighted by Crippen LogP contribution is -2.10. The zero-order valence-electron chi connectivity index (χ0n) is 60.0. The van der Waals surface area contributed by atoms with E-state index in [2.05, 4.69) is 444 Å². The summed E-state index contributed by atoms with van der Waals surface area (Å²) in [5.41, 5.74) is 30.2. The van der Waals surface area contributed by atoms with E-state index in [1.165, 1.54) is 108 Å². The highest BCUT2D eigenvalue weighted by atomic mass is 32.1. The number of aromatic nitrogens is 2. The van der Waals surface area contributed by atoms with E-state index in [-0.39, 0.29) is 0 Å². The molecule has 0 bridgehead atoms. The molecule has 0 aliphatic carbocycles. The van der Waals surface area contributed by atoms with E-state index in [1.54, 1.807) is 0 Å². The van der Waals surface area contributed by atoms with Gasteiger partial charge in [0.25, 0.3) is 0 Å². The molecule has 0 aliphatic heterocycles. The summed E-state index contributed by atoms with van der Waals surface area (Å²) >= 11 is 3.67. The average Bonchev–Trinajstić information content (AvgIpc) is 1.59. The first-order valence-electron chi connectivity index (χ1n) is 37.4. The SMILES string of the molecule is c1ccc(-c2ccc(-c3ccc(-c4ccc5c(c4)c4ccccc4n5-c4ccc(-c5ccc(N(c6ccccc6)c6ccc(-c7ccc(N(c8ccccc8)c8ccc(-c9ccc(-n%10c%11ccccc%11c%11cc(-c%12ccc(-c%13ccc(-c%14ccccc%14)s%13)cc%12)ccc%11%10)cc9)cc8)cc7)cc6)cc5)cc4)cc3)s2)cc1. The van der Waals surface area contributed by atoms with Crippen molar-refractivity contribution < 1.29 is 0 Å². The van der Waals surface area contributed by atoms with E-state index in [4.69, 9.17) is 0 Å². The molecule has 518 valence electrons.